The molecule has 2 atom stereocenters. The van der Waals surface area contributed by atoms with Crippen molar-refractivity contribution in [2.24, 2.45) is 11.1 Å². The van der Waals surface area contributed by atoms with Crippen LogP contribution in [0.1, 0.15) is 45.7 Å². The summed E-state index contributed by atoms with van der Waals surface area (Å²) in [5.74, 6) is 0.0647. The van der Waals surface area contributed by atoms with Crippen molar-refractivity contribution < 1.29 is 4.79 Å². The molecule has 0 spiro atoms. The molecule has 2 N–H and O–H groups in total. The van der Waals surface area contributed by atoms with E-state index in [1.54, 1.807) is 4.90 Å². The van der Waals surface area contributed by atoms with Gasteiger partial charge in [-0.3, -0.25) is 4.79 Å². The lowest BCUT2D eigenvalue weighted by Gasteiger charge is -2.31. The minimum Gasteiger partial charge on any atom is -0.339 e. The number of rotatable bonds is 4. The Morgan fingerprint density at radius 3 is 2.25 bits per heavy atom. The van der Waals surface area contributed by atoms with Crippen LogP contribution in [0.25, 0.3) is 0 Å². The molecule has 1 aromatic carbocycles. The fraction of sp³-hybridized carbons (Fsp3) is 0.562. The molecule has 20 heavy (non-hydrogen) atoms. The van der Waals surface area contributed by atoms with Gasteiger partial charge in [0.25, 0.3) is 0 Å². The van der Waals surface area contributed by atoms with Gasteiger partial charge in [0.2, 0.25) is 5.91 Å². The highest BCUT2D eigenvalue weighted by Gasteiger charge is 2.26. The van der Waals surface area contributed by atoms with Gasteiger partial charge in [0, 0.05) is 24.5 Å². The molecule has 0 aliphatic carbocycles. The minimum absolute atomic E-state index is 0.00642. The van der Waals surface area contributed by atoms with E-state index >= 15 is 0 Å². The van der Waals surface area contributed by atoms with Crippen molar-refractivity contribution in [1.29, 1.82) is 0 Å². The van der Waals surface area contributed by atoms with E-state index in [1.165, 1.54) is 0 Å². The van der Waals surface area contributed by atoms with Gasteiger partial charge in [-0.2, -0.15) is 0 Å². The van der Waals surface area contributed by atoms with Crippen LogP contribution < -0.4 is 5.73 Å². The lowest BCUT2D eigenvalue weighted by Crippen LogP contribution is -2.41. The van der Waals surface area contributed by atoms with E-state index in [0.717, 1.165) is 5.56 Å². The first-order valence-corrected chi connectivity index (χ1v) is 7.27. The van der Waals surface area contributed by atoms with Gasteiger partial charge < -0.3 is 10.6 Å². The van der Waals surface area contributed by atoms with E-state index in [0.29, 0.717) is 11.4 Å². The largest absolute Gasteiger partial charge is 0.339 e. The number of benzene rings is 1. The summed E-state index contributed by atoms with van der Waals surface area (Å²) < 4.78 is 0. The van der Waals surface area contributed by atoms with Crippen molar-refractivity contribution in [2.75, 3.05) is 7.05 Å². The van der Waals surface area contributed by atoms with Gasteiger partial charge >= 0.3 is 0 Å². The van der Waals surface area contributed by atoms with E-state index in [1.807, 2.05) is 59.0 Å². The van der Waals surface area contributed by atoms with Crippen molar-refractivity contribution >= 4 is 17.5 Å². The average Bonchev–Trinajstić information content (AvgIpc) is 2.36. The second kappa shape index (κ2) is 6.59. The predicted molar refractivity (Wildman–Crippen MR) is 84.7 cm³/mol. The van der Waals surface area contributed by atoms with Gasteiger partial charge in [-0.05, 0) is 30.0 Å². The Morgan fingerprint density at radius 2 is 1.80 bits per heavy atom. The molecule has 1 rings (SSSR count). The Hall–Kier alpha value is -1.06. The van der Waals surface area contributed by atoms with Crippen LogP contribution in [0.4, 0.5) is 0 Å². The molecule has 0 aliphatic rings. The Balaban J connectivity index is 2.71. The van der Waals surface area contributed by atoms with E-state index in [2.05, 4.69) is 0 Å². The molecule has 0 radical (unpaired) electrons. The summed E-state index contributed by atoms with van der Waals surface area (Å²) in [5.41, 5.74) is 7.08. The van der Waals surface area contributed by atoms with Crippen molar-refractivity contribution in [3.05, 3.63) is 34.9 Å². The van der Waals surface area contributed by atoms with Crippen molar-refractivity contribution in [1.82, 2.24) is 4.90 Å². The highest BCUT2D eigenvalue weighted by atomic mass is 35.5. The molecule has 2 unspecified atom stereocenters. The molecular weight excluding hydrogens is 272 g/mol. The molecule has 1 amide bonds. The number of carbonyl (C=O) groups excluding carboxylic acids is 1. The van der Waals surface area contributed by atoms with Gasteiger partial charge in [-0.25, -0.2) is 0 Å². The molecule has 0 saturated heterocycles. The summed E-state index contributed by atoms with van der Waals surface area (Å²) in [7, 11) is 1.82. The van der Waals surface area contributed by atoms with Crippen LogP contribution in [0.15, 0.2) is 24.3 Å². The Labute approximate surface area is 127 Å². The maximum Gasteiger partial charge on any atom is 0.224 e. The molecule has 3 nitrogen and oxygen atoms in total. The quantitative estimate of drug-likeness (QED) is 0.922. The maximum atomic E-state index is 12.3. The summed E-state index contributed by atoms with van der Waals surface area (Å²) in [5, 5.41) is 0.699. The molecule has 0 aliphatic heterocycles. The predicted octanol–water partition coefficient (Wildman–Crippen LogP) is 3.62. The molecule has 112 valence electrons. The molecule has 0 aromatic heterocycles. The molecule has 4 heteroatoms. The molecule has 0 bridgehead atoms. The number of nitrogens with zero attached hydrogens (tertiary/aromatic N) is 1. The summed E-state index contributed by atoms with van der Waals surface area (Å²) >= 11 is 5.88. The zero-order valence-corrected chi connectivity index (χ0v) is 13.7. The zero-order valence-electron chi connectivity index (χ0n) is 13.0. The van der Waals surface area contributed by atoms with E-state index < -0.39 is 0 Å². The van der Waals surface area contributed by atoms with Gasteiger partial charge in [0.15, 0.2) is 0 Å². The second-order valence-corrected chi connectivity index (χ2v) is 6.85. The first-order valence-electron chi connectivity index (χ1n) is 6.89. The number of amides is 1. The Morgan fingerprint density at radius 1 is 1.30 bits per heavy atom. The lowest BCUT2D eigenvalue weighted by atomic mass is 9.85. The first-order chi connectivity index (χ1) is 9.12. The zero-order chi connectivity index (χ0) is 15.5. The third-order valence-corrected chi connectivity index (χ3v) is 4.09. The van der Waals surface area contributed by atoms with Crippen molar-refractivity contribution in [2.45, 2.75) is 46.2 Å². The maximum absolute atomic E-state index is 12.3. The highest BCUT2D eigenvalue weighted by molar-refractivity contribution is 6.30. The summed E-state index contributed by atoms with van der Waals surface area (Å²) in [6.07, 6.45) is 0.359. The monoisotopic (exact) mass is 296 g/mol. The molecule has 0 fully saturated rings. The number of halogens is 1. The number of nitrogens with two attached hydrogens (primary N) is 1. The van der Waals surface area contributed by atoms with Gasteiger partial charge in [0.1, 0.15) is 0 Å². The third kappa shape index (κ3) is 4.50. The van der Waals surface area contributed by atoms with Gasteiger partial charge in [-0.1, -0.05) is 44.5 Å². The molecule has 1 aromatic rings. The number of carbonyl (C=O) groups is 1. The van der Waals surface area contributed by atoms with Crippen LogP contribution in [0.3, 0.4) is 0 Å². The standard InChI is InChI=1S/C16H25ClN2O/c1-11(12-6-8-13(17)9-7-12)19(5)15(20)10-14(18)16(2,3)4/h6-9,11,14H,10,18H2,1-5H3. The molecule has 0 saturated carbocycles. The second-order valence-electron chi connectivity index (χ2n) is 6.41. The molecular formula is C16H25ClN2O. The normalized spacial score (nSPS) is 14.8. The SMILES string of the molecule is CC(c1ccc(Cl)cc1)N(C)C(=O)CC(N)C(C)(C)C. The van der Waals surface area contributed by atoms with Crippen LogP contribution in [-0.4, -0.2) is 23.9 Å². The number of hydrogen-bond donors (Lipinski definition) is 1. The summed E-state index contributed by atoms with van der Waals surface area (Å²) in [4.78, 5) is 14.0. The van der Waals surface area contributed by atoms with E-state index in [4.69, 9.17) is 17.3 Å². The van der Waals surface area contributed by atoms with Crippen LogP contribution >= 0.6 is 11.6 Å². The van der Waals surface area contributed by atoms with Crippen molar-refractivity contribution in [3.63, 3.8) is 0 Å². The Bertz CT molecular complexity index is 451. The Kier molecular flexibility index (Phi) is 5.60. The van der Waals surface area contributed by atoms with Crippen LogP contribution in [-0.2, 0) is 4.79 Å². The first kappa shape index (κ1) is 17.0. The highest BCUT2D eigenvalue weighted by Crippen LogP contribution is 2.24. The minimum atomic E-state index is -0.144. The van der Waals surface area contributed by atoms with Crippen LogP contribution in [0.2, 0.25) is 5.02 Å². The fourth-order valence-electron chi connectivity index (χ4n) is 1.82. The van der Waals surface area contributed by atoms with E-state index in [-0.39, 0.29) is 23.4 Å². The van der Waals surface area contributed by atoms with E-state index in [9.17, 15) is 4.79 Å². The topological polar surface area (TPSA) is 46.3 Å². The van der Waals surface area contributed by atoms with Gasteiger partial charge in [0.05, 0.1) is 6.04 Å². The van der Waals surface area contributed by atoms with Crippen LogP contribution in [0.5, 0.6) is 0 Å². The number of hydrogen-bond acceptors (Lipinski definition) is 2. The average molecular weight is 297 g/mol. The van der Waals surface area contributed by atoms with Crippen molar-refractivity contribution in [3.8, 4) is 0 Å². The summed E-state index contributed by atoms with van der Waals surface area (Å²) in [6, 6.07) is 7.43. The fourth-order valence-corrected chi connectivity index (χ4v) is 1.95. The van der Waals surface area contributed by atoms with Crippen LogP contribution in [0, 0.1) is 5.41 Å². The van der Waals surface area contributed by atoms with Gasteiger partial charge in [-0.15, -0.1) is 0 Å². The third-order valence-electron chi connectivity index (χ3n) is 3.83. The smallest absolute Gasteiger partial charge is 0.224 e. The lowest BCUT2D eigenvalue weighted by molar-refractivity contribution is -0.132. The summed E-state index contributed by atoms with van der Waals surface area (Å²) in [6.45, 7) is 8.15. The molecule has 0 heterocycles.